The number of rotatable bonds is 8. The molecule has 0 radical (unpaired) electrons. The topological polar surface area (TPSA) is 46.9 Å². The molecule has 3 aromatic carbocycles. The zero-order valence-electron chi connectivity index (χ0n) is 20.2. The Hall–Kier alpha value is -3.87. The van der Waals surface area contributed by atoms with Crippen molar-refractivity contribution >= 4 is 11.6 Å². The number of hydrogen-bond donors (Lipinski definition) is 1. The summed E-state index contributed by atoms with van der Waals surface area (Å²) in [7, 11) is 0. The Balaban J connectivity index is 1.66. The van der Waals surface area contributed by atoms with Gasteiger partial charge < -0.3 is 5.32 Å². The summed E-state index contributed by atoms with van der Waals surface area (Å²) >= 11 is 0. The lowest BCUT2D eigenvalue weighted by molar-refractivity contribution is -0.141. The Morgan fingerprint density at radius 3 is 2.36 bits per heavy atom. The van der Waals surface area contributed by atoms with Gasteiger partial charge in [0.05, 0.1) is 5.69 Å². The lowest BCUT2D eigenvalue weighted by atomic mass is 9.87. The van der Waals surface area contributed by atoms with E-state index >= 15 is 0 Å². The monoisotopic (exact) mass is 491 g/mol. The maximum atomic E-state index is 13.5. The van der Waals surface area contributed by atoms with Crippen molar-refractivity contribution in [2.75, 3.05) is 5.32 Å². The Labute approximate surface area is 208 Å². The van der Waals surface area contributed by atoms with E-state index in [1.165, 1.54) is 5.56 Å². The van der Waals surface area contributed by atoms with Crippen LogP contribution in [0.4, 0.5) is 18.9 Å². The van der Waals surface area contributed by atoms with Gasteiger partial charge in [0.1, 0.15) is 5.69 Å². The van der Waals surface area contributed by atoms with Gasteiger partial charge in [-0.3, -0.25) is 4.79 Å². The molecular weight excluding hydrogens is 463 g/mol. The number of carbonyl (C=O) groups is 1. The summed E-state index contributed by atoms with van der Waals surface area (Å²) in [6.07, 6.45) is -1.62. The van der Waals surface area contributed by atoms with Crippen LogP contribution < -0.4 is 5.32 Å². The third-order valence-corrected chi connectivity index (χ3v) is 6.07. The number of nitrogens with one attached hydrogen (secondary N) is 1. The molecule has 0 bridgehead atoms. The van der Waals surface area contributed by atoms with E-state index in [0.717, 1.165) is 41.1 Å². The summed E-state index contributed by atoms with van der Waals surface area (Å²) in [6, 6.07) is 25.3. The molecule has 0 saturated heterocycles. The van der Waals surface area contributed by atoms with Crippen LogP contribution in [0.3, 0.4) is 0 Å². The maximum Gasteiger partial charge on any atom is 0.435 e. The van der Waals surface area contributed by atoms with E-state index in [0.29, 0.717) is 11.4 Å². The molecule has 186 valence electrons. The van der Waals surface area contributed by atoms with Gasteiger partial charge in [-0.1, -0.05) is 74.4 Å². The normalized spacial score (nSPS) is 12.4. The minimum absolute atomic E-state index is 0.151. The Morgan fingerprint density at radius 1 is 0.944 bits per heavy atom. The predicted molar refractivity (Wildman–Crippen MR) is 136 cm³/mol. The third-order valence-electron chi connectivity index (χ3n) is 6.07. The van der Waals surface area contributed by atoms with Crippen molar-refractivity contribution in [2.45, 2.75) is 45.2 Å². The van der Waals surface area contributed by atoms with Crippen LogP contribution in [0, 0.1) is 6.92 Å². The highest BCUT2D eigenvalue weighted by atomic mass is 19.4. The van der Waals surface area contributed by atoms with Gasteiger partial charge in [-0.05, 0) is 54.3 Å². The molecule has 0 aliphatic heterocycles. The molecule has 4 nitrogen and oxygen atoms in total. The highest BCUT2D eigenvalue weighted by Gasteiger charge is 2.36. The number of aryl methyl sites for hydroxylation is 1. The highest BCUT2D eigenvalue weighted by Crippen LogP contribution is 2.32. The second-order valence-corrected chi connectivity index (χ2v) is 8.85. The van der Waals surface area contributed by atoms with E-state index < -0.39 is 17.8 Å². The molecule has 0 spiro atoms. The number of halogens is 3. The number of amides is 1. The first-order valence-corrected chi connectivity index (χ1v) is 12.0. The zero-order chi connectivity index (χ0) is 25.7. The van der Waals surface area contributed by atoms with Crippen LogP contribution in [0.25, 0.3) is 5.69 Å². The molecule has 7 heteroatoms. The molecule has 36 heavy (non-hydrogen) atoms. The summed E-state index contributed by atoms with van der Waals surface area (Å²) in [5.74, 6) is -0.515. The predicted octanol–water partition coefficient (Wildman–Crippen LogP) is 7.77. The standard InChI is InChI=1S/C29H28F3N3O/c1-3-4-16-25(21-11-6-5-7-12-21)22-13-9-14-23(18-22)33-28(36)26-19-27(29(30,31)32)34-35(26)24-15-8-10-20(2)17-24/h5-15,17-19,25H,3-4,16H2,1-2H3,(H,33,36). The molecular formula is C29H28F3N3O. The fourth-order valence-corrected chi connectivity index (χ4v) is 4.29. The van der Waals surface area contributed by atoms with Crippen molar-refractivity contribution in [3.63, 3.8) is 0 Å². The average molecular weight is 492 g/mol. The van der Waals surface area contributed by atoms with Gasteiger partial charge in [-0.2, -0.15) is 18.3 Å². The van der Waals surface area contributed by atoms with Crippen LogP contribution in [0.1, 0.15) is 65.0 Å². The molecule has 4 rings (SSSR count). The Morgan fingerprint density at radius 2 is 1.67 bits per heavy atom. The summed E-state index contributed by atoms with van der Waals surface area (Å²) in [4.78, 5) is 13.2. The smallest absolute Gasteiger partial charge is 0.321 e. The number of nitrogens with zero attached hydrogens (tertiary/aromatic N) is 2. The van der Waals surface area contributed by atoms with Gasteiger partial charge in [-0.15, -0.1) is 0 Å². The Bertz CT molecular complexity index is 1330. The molecule has 0 fully saturated rings. The largest absolute Gasteiger partial charge is 0.435 e. The number of anilines is 1. The minimum Gasteiger partial charge on any atom is -0.321 e. The van der Waals surface area contributed by atoms with Crippen LogP contribution in [-0.4, -0.2) is 15.7 Å². The first-order chi connectivity index (χ1) is 17.3. The second kappa shape index (κ2) is 10.8. The molecule has 1 N–H and O–H groups in total. The number of carbonyl (C=O) groups excluding carboxylic acids is 1. The molecule has 1 amide bonds. The lowest BCUT2D eigenvalue weighted by Gasteiger charge is -2.19. The average Bonchev–Trinajstić information content (AvgIpc) is 3.32. The van der Waals surface area contributed by atoms with E-state index in [1.807, 2.05) is 49.4 Å². The van der Waals surface area contributed by atoms with E-state index in [9.17, 15) is 18.0 Å². The molecule has 1 heterocycles. The van der Waals surface area contributed by atoms with Gasteiger partial charge in [0.15, 0.2) is 5.69 Å². The number of unbranched alkanes of at least 4 members (excludes halogenated alkanes) is 1. The molecule has 1 unspecified atom stereocenters. The minimum atomic E-state index is -4.67. The van der Waals surface area contributed by atoms with E-state index in [2.05, 4.69) is 29.5 Å². The maximum absolute atomic E-state index is 13.5. The van der Waals surface area contributed by atoms with Crippen molar-refractivity contribution < 1.29 is 18.0 Å². The first-order valence-electron chi connectivity index (χ1n) is 12.0. The van der Waals surface area contributed by atoms with E-state index in [-0.39, 0.29) is 11.6 Å². The molecule has 0 saturated carbocycles. The fourth-order valence-electron chi connectivity index (χ4n) is 4.29. The second-order valence-electron chi connectivity index (χ2n) is 8.85. The van der Waals surface area contributed by atoms with Gasteiger partial charge in [0.2, 0.25) is 0 Å². The molecule has 0 aliphatic carbocycles. The third kappa shape index (κ3) is 5.85. The van der Waals surface area contributed by atoms with Gasteiger partial charge >= 0.3 is 6.18 Å². The molecule has 4 aromatic rings. The van der Waals surface area contributed by atoms with Crippen LogP contribution in [-0.2, 0) is 6.18 Å². The molecule has 1 atom stereocenters. The summed E-state index contributed by atoms with van der Waals surface area (Å²) in [5, 5.41) is 6.49. The first kappa shape index (κ1) is 25.2. The van der Waals surface area contributed by atoms with Gasteiger partial charge in [0, 0.05) is 17.7 Å². The van der Waals surface area contributed by atoms with Crippen molar-refractivity contribution in [3.8, 4) is 5.69 Å². The quantitative estimate of drug-likeness (QED) is 0.274. The summed E-state index contributed by atoms with van der Waals surface area (Å²) < 4.78 is 41.4. The van der Waals surface area contributed by atoms with Crippen molar-refractivity contribution in [3.05, 3.63) is 113 Å². The highest BCUT2D eigenvalue weighted by molar-refractivity contribution is 6.03. The molecule has 0 aliphatic rings. The van der Waals surface area contributed by atoms with Crippen LogP contribution >= 0.6 is 0 Å². The van der Waals surface area contributed by atoms with Gasteiger partial charge in [-0.25, -0.2) is 4.68 Å². The number of aromatic nitrogens is 2. The Kier molecular flexibility index (Phi) is 7.58. The van der Waals surface area contributed by atoms with Crippen LogP contribution in [0.2, 0.25) is 0 Å². The summed E-state index contributed by atoms with van der Waals surface area (Å²) in [6.45, 7) is 3.97. The lowest BCUT2D eigenvalue weighted by Crippen LogP contribution is -2.17. The van der Waals surface area contributed by atoms with E-state index in [1.54, 1.807) is 24.3 Å². The van der Waals surface area contributed by atoms with Crippen molar-refractivity contribution in [2.24, 2.45) is 0 Å². The number of hydrogen-bond acceptors (Lipinski definition) is 2. The fraction of sp³-hybridized carbons (Fsp3) is 0.241. The van der Waals surface area contributed by atoms with Crippen LogP contribution in [0.15, 0.2) is 84.9 Å². The zero-order valence-corrected chi connectivity index (χ0v) is 20.2. The molecule has 1 aromatic heterocycles. The van der Waals surface area contributed by atoms with Gasteiger partial charge in [0.25, 0.3) is 5.91 Å². The SMILES string of the molecule is CCCCC(c1ccccc1)c1cccc(NC(=O)c2cc(C(F)(F)F)nn2-c2cccc(C)c2)c1. The van der Waals surface area contributed by atoms with Crippen LogP contribution in [0.5, 0.6) is 0 Å². The number of alkyl halides is 3. The van der Waals surface area contributed by atoms with E-state index in [4.69, 9.17) is 0 Å². The number of benzene rings is 3. The van der Waals surface area contributed by atoms with Crippen molar-refractivity contribution in [1.82, 2.24) is 9.78 Å². The van der Waals surface area contributed by atoms with Crippen molar-refractivity contribution in [1.29, 1.82) is 0 Å². The summed E-state index contributed by atoms with van der Waals surface area (Å²) in [5.41, 5.74) is 2.65.